The number of halogens is 2. The zero-order valence-corrected chi connectivity index (χ0v) is 14.3. The van der Waals surface area contributed by atoms with E-state index in [9.17, 15) is 4.79 Å². The van der Waals surface area contributed by atoms with Crippen LogP contribution in [0.2, 0.25) is 10.0 Å². The molecule has 2 nitrogen and oxygen atoms in total. The standard InChI is InChI=1S/C19H19Cl2NO/c20-17-10-11-18(21)16(14-17)9-12-19(23)22-13-5-4-8-15-6-2-1-3-7-15/h1-3,6-7,9-12,14H,4-5,8,13H2,(H,22,23)/b12-9+. The number of amides is 1. The molecule has 0 spiro atoms. The van der Waals surface area contributed by atoms with Crippen molar-refractivity contribution in [3.63, 3.8) is 0 Å². The van der Waals surface area contributed by atoms with E-state index in [-0.39, 0.29) is 5.91 Å². The van der Waals surface area contributed by atoms with Crippen molar-refractivity contribution in [1.82, 2.24) is 5.32 Å². The third kappa shape index (κ3) is 6.47. The van der Waals surface area contributed by atoms with Gasteiger partial charge in [-0.2, -0.15) is 0 Å². The van der Waals surface area contributed by atoms with Crippen LogP contribution in [0.25, 0.3) is 6.08 Å². The van der Waals surface area contributed by atoms with Gasteiger partial charge in [-0.3, -0.25) is 4.79 Å². The van der Waals surface area contributed by atoms with Crippen LogP contribution >= 0.6 is 23.2 Å². The lowest BCUT2D eigenvalue weighted by atomic mass is 10.1. The maximum Gasteiger partial charge on any atom is 0.243 e. The quantitative estimate of drug-likeness (QED) is 0.544. The Hall–Kier alpha value is -1.77. The molecule has 0 heterocycles. The molecule has 0 unspecified atom stereocenters. The number of carbonyl (C=O) groups excluding carboxylic acids is 1. The highest BCUT2D eigenvalue weighted by molar-refractivity contribution is 6.34. The van der Waals surface area contributed by atoms with Crippen molar-refractivity contribution in [3.8, 4) is 0 Å². The van der Waals surface area contributed by atoms with Crippen molar-refractivity contribution < 1.29 is 4.79 Å². The van der Waals surface area contributed by atoms with Gasteiger partial charge in [-0.1, -0.05) is 53.5 Å². The molecule has 0 aliphatic rings. The van der Waals surface area contributed by atoms with Crippen molar-refractivity contribution in [2.75, 3.05) is 6.54 Å². The minimum absolute atomic E-state index is 0.124. The Labute approximate surface area is 147 Å². The first kappa shape index (κ1) is 17.6. The Morgan fingerprint density at radius 2 is 1.83 bits per heavy atom. The summed E-state index contributed by atoms with van der Waals surface area (Å²) in [6.07, 6.45) is 6.19. The molecule has 0 aliphatic heterocycles. The highest BCUT2D eigenvalue weighted by Gasteiger charge is 2.00. The lowest BCUT2D eigenvalue weighted by molar-refractivity contribution is -0.116. The molecular formula is C19H19Cl2NO. The van der Waals surface area contributed by atoms with Gasteiger partial charge in [0.15, 0.2) is 0 Å². The largest absolute Gasteiger partial charge is 0.353 e. The summed E-state index contributed by atoms with van der Waals surface area (Å²) in [6.45, 7) is 0.666. The van der Waals surface area contributed by atoms with E-state index in [2.05, 4.69) is 17.4 Å². The summed E-state index contributed by atoms with van der Waals surface area (Å²) in [5.74, 6) is -0.124. The Balaban J connectivity index is 1.69. The second-order valence-corrected chi connectivity index (χ2v) is 6.08. The molecule has 0 aliphatic carbocycles. The summed E-state index contributed by atoms with van der Waals surface area (Å²) >= 11 is 11.9. The summed E-state index contributed by atoms with van der Waals surface area (Å²) in [5, 5.41) is 4.04. The third-order valence-electron chi connectivity index (χ3n) is 3.41. The molecule has 0 aromatic heterocycles. The van der Waals surface area contributed by atoms with E-state index >= 15 is 0 Å². The van der Waals surface area contributed by atoms with Gasteiger partial charge in [-0.15, -0.1) is 0 Å². The Bertz CT molecular complexity index is 668. The third-order valence-corrected chi connectivity index (χ3v) is 3.99. The van der Waals surface area contributed by atoms with E-state index in [0.717, 1.165) is 24.8 Å². The van der Waals surface area contributed by atoms with Gasteiger partial charge >= 0.3 is 0 Å². The summed E-state index contributed by atoms with van der Waals surface area (Å²) in [7, 11) is 0. The van der Waals surface area contributed by atoms with E-state index in [0.29, 0.717) is 16.6 Å². The maximum absolute atomic E-state index is 11.8. The Morgan fingerprint density at radius 1 is 1.04 bits per heavy atom. The fourth-order valence-corrected chi connectivity index (χ4v) is 2.54. The molecule has 0 radical (unpaired) electrons. The molecule has 0 saturated carbocycles. The van der Waals surface area contributed by atoms with Gasteiger partial charge in [0.1, 0.15) is 0 Å². The van der Waals surface area contributed by atoms with Crippen LogP contribution in [0.1, 0.15) is 24.0 Å². The van der Waals surface area contributed by atoms with Crippen LogP contribution in [0, 0.1) is 0 Å². The summed E-state index contributed by atoms with van der Waals surface area (Å²) in [5.41, 5.74) is 2.06. The fraction of sp³-hybridized carbons (Fsp3) is 0.211. The number of nitrogens with one attached hydrogen (secondary N) is 1. The normalized spacial score (nSPS) is 10.9. The molecule has 4 heteroatoms. The van der Waals surface area contributed by atoms with Crippen LogP contribution in [0.5, 0.6) is 0 Å². The van der Waals surface area contributed by atoms with E-state index in [1.807, 2.05) is 18.2 Å². The zero-order chi connectivity index (χ0) is 16.5. The number of hydrogen-bond acceptors (Lipinski definition) is 1. The molecule has 2 rings (SSSR count). The number of hydrogen-bond donors (Lipinski definition) is 1. The van der Waals surface area contributed by atoms with Gasteiger partial charge in [0, 0.05) is 22.7 Å². The number of carbonyl (C=O) groups is 1. The average molecular weight is 348 g/mol. The van der Waals surface area contributed by atoms with Crippen molar-refractivity contribution in [1.29, 1.82) is 0 Å². The second kappa shape index (κ2) is 9.39. The lowest BCUT2D eigenvalue weighted by Gasteiger charge is -2.03. The molecule has 0 fully saturated rings. The van der Waals surface area contributed by atoms with Crippen LogP contribution in [0.4, 0.5) is 0 Å². The molecular weight excluding hydrogens is 329 g/mol. The first-order chi connectivity index (χ1) is 11.1. The zero-order valence-electron chi connectivity index (χ0n) is 12.8. The maximum atomic E-state index is 11.8. The summed E-state index contributed by atoms with van der Waals surface area (Å²) in [6, 6.07) is 15.5. The smallest absolute Gasteiger partial charge is 0.243 e. The number of benzene rings is 2. The molecule has 2 aromatic carbocycles. The van der Waals surface area contributed by atoms with Gasteiger partial charge in [-0.05, 0) is 54.7 Å². The van der Waals surface area contributed by atoms with E-state index in [4.69, 9.17) is 23.2 Å². The fourth-order valence-electron chi connectivity index (χ4n) is 2.18. The Kier molecular flexibility index (Phi) is 7.18. The van der Waals surface area contributed by atoms with Gasteiger partial charge < -0.3 is 5.32 Å². The molecule has 2 aromatic rings. The van der Waals surface area contributed by atoms with Gasteiger partial charge in [-0.25, -0.2) is 0 Å². The lowest BCUT2D eigenvalue weighted by Crippen LogP contribution is -2.22. The average Bonchev–Trinajstić information content (AvgIpc) is 2.56. The van der Waals surface area contributed by atoms with Crippen molar-refractivity contribution in [2.45, 2.75) is 19.3 Å². The predicted molar refractivity (Wildman–Crippen MR) is 97.9 cm³/mol. The van der Waals surface area contributed by atoms with Gasteiger partial charge in [0.05, 0.1) is 0 Å². The highest BCUT2D eigenvalue weighted by Crippen LogP contribution is 2.21. The van der Waals surface area contributed by atoms with Crippen LogP contribution in [0.3, 0.4) is 0 Å². The molecule has 0 atom stereocenters. The second-order valence-electron chi connectivity index (χ2n) is 5.23. The van der Waals surface area contributed by atoms with Gasteiger partial charge in [0.25, 0.3) is 0 Å². The molecule has 1 N–H and O–H groups in total. The van der Waals surface area contributed by atoms with Gasteiger partial charge in [0.2, 0.25) is 5.91 Å². The molecule has 0 saturated heterocycles. The summed E-state index contributed by atoms with van der Waals surface area (Å²) in [4.78, 5) is 11.8. The summed E-state index contributed by atoms with van der Waals surface area (Å²) < 4.78 is 0. The van der Waals surface area contributed by atoms with Crippen LogP contribution in [0.15, 0.2) is 54.6 Å². The van der Waals surface area contributed by atoms with Crippen LogP contribution in [-0.2, 0) is 11.2 Å². The number of unbranched alkanes of at least 4 members (excludes halogenated alkanes) is 1. The number of rotatable bonds is 7. The first-order valence-electron chi connectivity index (χ1n) is 7.60. The minimum atomic E-state index is -0.124. The first-order valence-corrected chi connectivity index (χ1v) is 8.35. The van der Waals surface area contributed by atoms with Crippen LogP contribution < -0.4 is 5.32 Å². The molecule has 120 valence electrons. The molecule has 0 bridgehead atoms. The van der Waals surface area contributed by atoms with E-state index < -0.39 is 0 Å². The van der Waals surface area contributed by atoms with Crippen molar-refractivity contribution >= 4 is 35.2 Å². The minimum Gasteiger partial charge on any atom is -0.353 e. The Morgan fingerprint density at radius 3 is 2.61 bits per heavy atom. The van der Waals surface area contributed by atoms with Crippen LogP contribution in [-0.4, -0.2) is 12.5 Å². The van der Waals surface area contributed by atoms with E-state index in [1.54, 1.807) is 24.3 Å². The highest BCUT2D eigenvalue weighted by atomic mass is 35.5. The number of aryl methyl sites for hydroxylation is 1. The molecule has 1 amide bonds. The van der Waals surface area contributed by atoms with Crippen molar-refractivity contribution in [2.24, 2.45) is 0 Å². The van der Waals surface area contributed by atoms with E-state index in [1.165, 1.54) is 11.6 Å². The predicted octanol–water partition coefficient (Wildman–Crippen LogP) is 5.15. The van der Waals surface area contributed by atoms with Crippen molar-refractivity contribution in [3.05, 3.63) is 75.8 Å². The monoisotopic (exact) mass is 347 g/mol. The topological polar surface area (TPSA) is 29.1 Å². The SMILES string of the molecule is O=C(/C=C/c1cc(Cl)ccc1Cl)NCCCCc1ccccc1. The molecule has 23 heavy (non-hydrogen) atoms.